The van der Waals surface area contributed by atoms with Gasteiger partial charge in [0.15, 0.2) is 0 Å². The lowest BCUT2D eigenvalue weighted by molar-refractivity contribution is -0.121. The maximum absolute atomic E-state index is 11.8. The summed E-state index contributed by atoms with van der Waals surface area (Å²) in [5.74, 6) is 1.02. The van der Waals surface area contributed by atoms with E-state index in [4.69, 9.17) is 4.74 Å². The summed E-state index contributed by atoms with van der Waals surface area (Å²) in [7, 11) is 0. The summed E-state index contributed by atoms with van der Waals surface area (Å²) < 4.78 is 5.68. The molecule has 24 heavy (non-hydrogen) atoms. The van der Waals surface area contributed by atoms with Gasteiger partial charge in [-0.2, -0.15) is 0 Å². The van der Waals surface area contributed by atoms with Crippen molar-refractivity contribution in [3.63, 3.8) is 0 Å². The van der Waals surface area contributed by atoms with Crippen LogP contribution in [0.15, 0.2) is 48.8 Å². The van der Waals surface area contributed by atoms with Gasteiger partial charge in [0.05, 0.1) is 6.61 Å². The number of hydrogen-bond donors (Lipinski definition) is 1. The molecule has 0 bridgehead atoms. The van der Waals surface area contributed by atoms with E-state index in [0.717, 1.165) is 31.4 Å². The molecule has 2 rings (SSSR count). The number of nitrogens with zero attached hydrogens (tertiary/aromatic N) is 1. The number of rotatable bonds is 10. The van der Waals surface area contributed by atoms with Gasteiger partial charge in [-0.1, -0.05) is 18.2 Å². The molecule has 1 aromatic carbocycles. The van der Waals surface area contributed by atoms with Crippen LogP contribution in [0.4, 0.5) is 0 Å². The molecule has 4 nitrogen and oxygen atoms in total. The number of aromatic nitrogens is 1. The van der Waals surface area contributed by atoms with Gasteiger partial charge in [0.25, 0.3) is 0 Å². The van der Waals surface area contributed by atoms with Crippen LogP contribution in [-0.2, 0) is 11.2 Å². The van der Waals surface area contributed by atoms with Crippen molar-refractivity contribution in [3.05, 3.63) is 59.9 Å². The van der Waals surface area contributed by atoms with Gasteiger partial charge in [-0.3, -0.25) is 9.78 Å². The van der Waals surface area contributed by atoms with Crippen LogP contribution in [0.25, 0.3) is 0 Å². The Labute approximate surface area is 144 Å². The van der Waals surface area contributed by atoms with E-state index in [-0.39, 0.29) is 5.91 Å². The zero-order valence-electron chi connectivity index (χ0n) is 14.3. The Hall–Kier alpha value is -2.36. The van der Waals surface area contributed by atoms with Crippen LogP contribution in [0.2, 0.25) is 0 Å². The van der Waals surface area contributed by atoms with E-state index in [1.54, 1.807) is 6.20 Å². The van der Waals surface area contributed by atoms with Crippen LogP contribution < -0.4 is 10.1 Å². The Morgan fingerprint density at radius 2 is 2.08 bits per heavy atom. The minimum atomic E-state index is 0.122. The summed E-state index contributed by atoms with van der Waals surface area (Å²) in [5, 5.41) is 2.97. The van der Waals surface area contributed by atoms with Crippen molar-refractivity contribution in [2.45, 2.75) is 39.0 Å². The van der Waals surface area contributed by atoms with Gasteiger partial charge < -0.3 is 10.1 Å². The Morgan fingerprint density at radius 3 is 2.88 bits per heavy atom. The maximum atomic E-state index is 11.8. The molecule has 128 valence electrons. The van der Waals surface area contributed by atoms with Crippen LogP contribution in [0, 0.1) is 6.92 Å². The van der Waals surface area contributed by atoms with Crippen molar-refractivity contribution in [2.75, 3.05) is 13.2 Å². The number of unbranched alkanes of at least 4 members (excludes halogenated alkanes) is 1. The second-order valence-corrected chi connectivity index (χ2v) is 5.94. The van der Waals surface area contributed by atoms with Crippen LogP contribution >= 0.6 is 0 Å². The molecule has 1 heterocycles. The fourth-order valence-electron chi connectivity index (χ4n) is 2.44. The molecular weight excluding hydrogens is 300 g/mol. The first kappa shape index (κ1) is 18.0. The molecule has 0 saturated carbocycles. The van der Waals surface area contributed by atoms with E-state index in [1.165, 1.54) is 11.1 Å². The third-order valence-electron chi connectivity index (χ3n) is 3.74. The van der Waals surface area contributed by atoms with E-state index in [9.17, 15) is 4.79 Å². The molecule has 0 aliphatic carbocycles. The van der Waals surface area contributed by atoms with Crippen molar-refractivity contribution >= 4 is 5.91 Å². The van der Waals surface area contributed by atoms with Gasteiger partial charge in [0, 0.05) is 25.4 Å². The molecule has 1 aromatic heterocycles. The first-order valence-corrected chi connectivity index (χ1v) is 8.59. The fraction of sp³-hybridized carbons (Fsp3) is 0.400. The Kier molecular flexibility index (Phi) is 7.81. The first-order valence-electron chi connectivity index (χ1n) is 8.59. The van der Waals surface area contributed by atoms with E-state index < -0.39 is 0 Å². The summed E-state index contributed by atoms with van der Waals surface area (Å²) in [5.41, 5.74) is 2.40. The second-order valence-electron chi connectivity index (χ2n) is 5.94. The third-order valence-corrected chi connectivity index (χ3v) is 3.74. The molecule has 0 fully saturated rings. The third kappa shape index (κ3) is 7.27. The summed E-state index contributed by atoms with van der Waals surface area (Å²) in [6.45, 7) is 3.41. The lowest BCUT2D eigenvalue weighted by atomic mass is 10.1. The highest BCUT2D eigenvalue weighted by Crippen LogP contribution is 2.12. The predicted octanol–water partition coefficient (Wildman–Crippen LogP) is 3.69. The van der Waals surface area contributed by atoms with Crippen LogP contribution in [0.5, 0.6) is 5.75 Å². The van der Waals surface area contributed by atoms with Crippen molar-refractivity contribution in [1.29, 1.82) is 0 Å². The number of pyridine rings is 1. The largest absolute Gasteiger partial charge is 0.494 e. The van der Waals surface area contributed by atoms with E-state index in [0.29, 0.717) is 19.6 Å². The average molecular weight is 326 g/mol. The number of ether oxygens (including phenoxy) is 1. The average Bonchev–Trinajstić information content (AvgIpc) is 2.59. The molecule has 0 unspecified atom stereocenters. The first-order chi connectivity index (χ1) is 11.7. The Bertz CT molecular complexity index is 614. The van der Waals surface area contributed by atoms with Crippen LogP contribution in [0.1, 0.15) is 36.8 Å². The van der Waals surface area contributed by atoms with Crippen LogP contribution in [0.3, 0.4) is 0 Å². The molecule has 4 heteroatoms. The molecular formula is C20H26N2O2. The van der Waals surface area contributed by atoms with Crippen molar-refractivity contribution in [3.8, 4) is 5.75 Å². The monoisotopic (exact) mass is 326 g/mol. The van der Waals surface area contributed by atoms with Crippen LogP contribution in [-0.4, -0.2) is 24.0 Å². The SMILES string of the molecule is Cc1cccc(OCCCCC(=O)NCCCc2cccnc2)c1. The minimum Gasteiger partial charge on any atom is -0.494 e. The van der Waals surface area contributed by atoms with Gasteiger partial charge in [-0.25, -0.2) is 0 Å². The Balaban J connectivity index is 1.48. The standard InChI is InChI=1S/C20H26N2O2/c1-17-7-4-10-19(15-17)24-14-3-2-11-20(23)22-13-6-9-18-8-5-12-21-16-18/h4-5,7-8,10,12,15-16H,2-3,6,9,11,13-14H2,1H3,(H,22,23). The number of carbonyl (C=O) groups excluding carboxylic acids is 1. The summed E-state index contributed by atoms with van der Waals surface area (Å²) in [6.07, 6.45) is 7.82. The van der Waals surface area contributed by atoms with Gasteiger partial charge in [0.2, 0.25) is 5.91 Å². The lowest BCUT2D eigenvalue weighted by Gasteiger charge is -2.07. The van der Waals surface area contributed by atoms with E-state index in [2.05, 4.69) is 16.4 Å². The fourth-order valence-corrected chi connectivity index (χ4v) is 2.44. The van der Waals surface area contributed by atoms with Gasteiger partial charge in [-0.15, -0.1) is 0 Å². The number of amides is 1. The molecule has 0 radical (unpaired) electrons. The predicted molar refractivity (Wildman–Crippen MR) is 96.1 cm³/mol. The molecule has 0 aliphatic rings. The van der Waals surface area contributed by atoms with Gasteiger partial charge in [0.1, 0.15) is 5.75 Å². The number of benzene rings is 1. The smallest absolute Gasteiger partial charge is 0.219 e. The Morgan fingerprint density at radius 1 is 1.17 bits per heavy atom. The van der Waals surface area contributed by atoms with E-state index in [1.807, 2.05) is 43.5 Å². The molecule has 0 spiro atoms. The highest BCUT2D eigenvalue weighted by Gasteiger charge is 2.01. The summed E-state index contributed by atoms with van der Waals surface area (Å²) in [4.78, 5) is 15.9. The second kappa shape index (κ2) is 10.4. The normalized spacial score (nSPS) is 10.4. The van der Waals surface area contributed by atoms with E-state index >= 15 is 0 Å². The lowest BCUT2D eigenvalue weighted by Crippen LogP contribution is -2.24. The van der Waals surface area contributed by atoms with Gasteiger partial charge in [-0.05, 0) is 61.9 Å². The summed E-state index contributed by atoms with van der Waals surface area (Å²) >= 11 is 0. The summed E-state index contributed by atoms with van der Waals surface area (Å²) in [6, 6.07) is 12.0. The number of nitrogens with one attached hydrogen (secondary N) is 1. The number of hydrogen-bond acceptors (Lipinski definition) is 3. The number of carbonyl (C=O) groups is 1. The zero-order valence-corrected chi connectivity index (χ0v) is 14.3. The molecule has 2 aromatic rings. The molecule has 0 atom stereocenters. The zero-order chi connectivity index (χ0) is 17.0. The number of aryl methyl sites for hydroxylation is 2. The highest BCUT2D eigenvalue weighted by atomic mass is 16.5. The minimum absolute atomic E-state index is 0.122. The molecule has 0 saturated heterocycles. The molecule has 0 aliphatic heterocycles. The highest BCUT2D eigenvalue weighted by molar-refractivity contribution is 5.75. The molecule has 1 N–H and O–H groups in total. The van der Waals surface area contributed by atoms with Crippen molar-refractivity contribution in [2.24, 2.45) is 0 Å². The van der Waals surface area contributed by atoms with Crippen molar-refractivity contribution < 1.29 is 9.53 Å². The van der Waals surface area contributed by atoms with Crippen molar-refractivity contribution in [1.82, 2.24) is 10.3 Å². The topological polar surface area (TPSA) is 51.2 Å². The molecule has 1 amide bonds. The van der Waals surface area contributed by atoms with Gasteiger partial charge >= 0.3 is 0 Å². The quantitative estimate of drug-likeness (QED) is 0.678. The maximum Gasteiger partial charge on any atom is 0.219 e.